The normalized spacial score (nSPS) is 20.1. The molecular formula is C24H21ClN4O3. The van der Waals surface area contributed by atoms with Crippen LogP contribution in [-0.4, -0.2) is 10.7 Å². The van der Waals surface area contributed by atoms with Gasteiger partial charge in [0.1, 0.15) is 5.82 Å². The summed E-state index contributed by atoms with van der Waals surface area (Å²) in [5.74, 6) is -0.524. The molecule has 0 bridgehead atoms. The lowest BCUT2D eigenvalue weighted by Gasteiger charge is -2.43. The van der Waals surface area contributed by atoms with Gasteiger partial charge in [0.05, 0.1) is 22.5 Å². The highest BCUT2D eigenvalue weighted by Gasteiger charge is 2.44. The van der Waals surface area contributed by atoms with E-state index < -0.39 is 10.8 Å². The highest BCUT2D eigenvalue weighted by molar-refractivity contribution is 6.30. The molecule has 0 spiro atoms. The molecular weight excluding hydrogens is 428 g/mol. The van der Waals surface area contributed by atoms with Crippen LogP contribution in [0.1, 0.15) is 38.2 Å². The Bertz CT molecular complexity index is 1240. The Morgan fingerprint density at radius 1 is 1.22 bits per heavy atom. The summed E-state index contributed by atoms with van der Waals surface area (Å²) in [4.78, 5) is 25.8. The number of Topliss-reactive ketones (excluding diaryl/α,β-unsaturated/α-hetero) is 1. The molecule has 0 unspecified atom stereocenters. The van der Waals surface area contributed by atoms with Gasteiger partial charge in [0.2, 0.25) is 0 Å². The molecule has 0 radical (unpaired) electrons. The second kappa shape index (κ2) is 7.81. The van der Waals surface area contributed by atoms with Crippen LogP contribution < -0.4 is 10.6 Å². The number of nitrogens with zero attached hydrogens (tertiary/aromatic N) is 3. The van der Waals surface area contributed by atoms with Gasteiger partial charge in [-0.15, -0.1) is 0 Å². The summed E-state index contributed by atoms with van der Waals surface area (Å²) in [5, 5.41) is 21.6. The minimum atomic E-state index is -0.685. The third-order valence-electron chi connectivity index (χ3n) is 5.88. The van der Waals surface area contributed by atoms with Crippen LogP contribution in [0.25, 0.3) is 0 Å². The molecule has 0 saturated heterocycles. The molecule has 0 fully saturated rings. The SMILES string of the molecule is CC1(C)CC(=O)C2=C(C1)N(c1cccc(Cl)c1)C(N)=C(C#N)[C@@H]2c1ccc([N+](=O)[O-])cc1. The molecule has 0 aromatic heterocycles. The largest absolute Gasteiger partial charge is 0.384 e. The molecule has 2 aromatic carbocycles. The Balaban J connectivity index is 1.97. The van der Waals surface area contributed by atoms with Gasteiger partial charge in [0.25, 0.3) is 5.69 Å². The van der Waals surface area contributed by atoms with Gasteiger partial charge >= 0.3 is 0 Å². The first-order valence-corrected chi connectivity index (χ1v) is 10.5. The van der Waals surface area contributed by atoms with E-state index in [1.807, 2.05) is 19.9 Å². The maximum absolute atomic E-state index is 13.4. The lowest BCUT2D eigenvalue weighted by Crippen LogP contribution is -2.42. The first-order chi connectivity index (χ1) is 15.1. The van der Waals surface area contributed by atoms with Gasteiger partial charge in [-0.3, -0.25) is 19.8 Å². The summed E-state index contributed by atoms with van der Waals surface area (Å²) in [6.45, 7) is 4.04. The first-order valence-electron chi connectivity index (χ1n) is 10.1. The lowest BCUT2D eigenvalue weighted by molar-refractivity contribution is -0.384. The van der Waals surface area contributed by atoms with Crippen molar-refractivity contribution in [1.82, 2.24) is 0 Å². The zero-order valence-electron chi connectivity index (χ0n) is 17.6. The zero-order valence-corrected chi connectivity index (χ0v) is 18.4. The van der Waals surface area contributed by atoms with E-state index in [1.165, 1.54) is 12.1 Å². The number of halogens is 1. The molecule has 7 nitrogen and oxygen atoms in total. The molecule has 162 valence electrons. The Morgan fingerprint density at radius 2 is 1.91 bits per heavy atom. The average molecular weight is 449 g/mol. The highest BCUT2D eigenvalue weighted by atomic mass is 35.5. The summed E-state index contributed by atoms with van der Waals surface area (Å²) in [6, 6.07) is 15.2. The van der Waals surface area contributed by atoms with Crippen LogP contribution in [0.5, 0.6) is 0 Å². The predicted molar refractivity (Wildman–Crippen MR) is 122 cm³/mol. The predicted octanol–water partition coefficient (Wildman–Crippen LogP) is 5.19. The monoisotopic (exact) mass is 448 g/mol. The van der Waals surface area contributed by atoms with E-state index in [0.717, 1.165) is 5.70 Å². The van der Waals surface area contributed by atoms with Crippen molar-refractivity contribution in [2.24, 2.45) is 11.1 Å². The Morgan fingerprint density at radius 3 is 2.50 bits per heavy atom. The number of hydrogen-bond donors (Lipinski definition) is 1. The third kappa shape index (κ3) is 3.63. The summed E-state index contributed by atoms with van der Waals surface area (Å²) >= 11 is 6.22. The van der Waals surface area contributed by atoms with Crippen LogP contribution in [0.15, 0.2) is 71.2 Å². The van der Waals surface area contributed by atoms with Crippen molar-refractivity contribution < 1.29 is 9.72 Å². The minimum Gasteiger partial charge on any atom is -0.384 e. The maximum atomic E-state index is 13.4. The second-order valence-electron chi connectivity index (χ2n) is 8.81. The number of carbonyl (C=O) groups excluding carboxylic acids is 1. The fourth-order valence-corrected chi connectivity index (χ4v) is 4.73. The maximum Gasteiger partial charge on any atom is 0.269 e. The molecule has 2 aromatic rings. The van der Waals surface area contributed by atoms with E-state index in [9.17, 15) is 20.2 Å². The standard InChI is InChI=1S/C24H21ClN4O3/c1-24(2)11-19-22(20(30)12-24)21(14-6-8-16(9-7-14)29(31)32)18(13-26)23(27)28(19)17-5-3-4-15(25)10-17/h3-10,21H,11-12,27H2,1-2H3/t21-/m0/s1. The van der Waals surface area contributed by atoms with Gasteiger partial charge in [-0.1, -0.05) is 43.6 Å². The quantitative estimate of drug-likeness (QED) is 0.510. The number of non-ortho nitro benzene ring substituents is 1. The molecule has 32 heavy (non-hydrogen) atoms. The number of nitrogens with two attached hydrogens (primary N) is 1. The van der Waals surface area contributed by atoms with Crippen LogP contribution in [-0.2, 0) is 4.79 Å². The van der Waals surface area contributed by atoms with Gasteiger partial charge < -0.3 is 5.73 Å². The van der Waals surface area contributed by atoms with Crippen molar-refractivity contribution in [1.29, 1.82) is 5.26 Å². The summed E-state index contributed by atoms with van der Waals surface area (Å²) < 4.78 is 0. The minimum absolute atomic E-state index is 0.0631. The van der Waals surface area contributed by atoms with Crippen molar-refractivity contribution in [2.45, 2.75) is 32.6 Å². The number of allylic oxidation sites excluding steroid dienone is 3. The van der Waals surface area contributed by atoms with Gasteiger partial charge in [-0.05, 0) is 35.6 Å². The van der Waals surface area contributed by atoms with E-state index >= 15 is 0 Å². The fourth-order valence-electron chi connectivity index (χ4n) is 4.54. The van der Waals surface area contributed by atoms with Crippen molar-refractivity contribution in [3.8, 4) is 6.07 Å². The molecule has 1 heterocycles. The Labute approximate surface area is 190 Å². The number of ketones is 1. The Hall–Kier alpha value is -3.63. The second-order valence-corrected chi connectivity index (χ2v) is 9.25. The molecule has 8 heteroatoms. The highest BCUT2D eigenvalue weighted by Crippen LogP contribution is 2.50. The summed E-state index contributed by atoms with van der Waals surface area (Å²) in [5.41, 5.74) is 8.93. The molecule has 4 rings (SSSR count). The van der Waals surface area contributed by atoms with Crippen molar-refractivity contribution in [3.63, 3.8) is 0 Å². The van der Waals surface area contributed by atoms with E-state index in [1.54, 1.807) is 35.2 Å². The number of benzene rings is 2. The molecule has 2 N–H and O–H groups in total. The summed E-state index contributed by atoms with van der Waals surface area (Å²) in [7, 11) is 0. The summed E-state index contributed by atoms with van der Waals surface area (Å²) in [6.07, 6.45) is 0.904. The molecule has 1 atom stereocenters. The van der Waals surface area contributed by atoms with Gasteiger partial charge in [-0.2, -0.15) is 5.26 Å². The fraction of sp³-hybridized carbons (Fsp3) is 0.250. The van der Waals surface area contributed by atoms with Crippen LogP contribution in [0.3, 0.4) is 0 Å². The average Bonchev–Trinajstić information content (AvgIpc) is 2.72. The van der Waals surface area contributed by atoms with E-state index in [-0.39, 0.29) is 28.3 Å². The molecule has 0 saturated carbocycles. The van der Waals surface area contributed by atoms with Crippen LogP contribution in [0.4, 0.5) is 11.4 Å². The number of anilines is 1. The number of hydrogen-bond acceptors (Lipinski definition) is 6. The number of rotatable bonds is 3. The molecule has 0 amide bonds. The lowest BCUT2D eigenvalue weighted by atomic mass is 9.68. The first kappa shape index (κ1) is 21.6. The molecule has 2 aliphatic rings. The van der Waals surface area contributed by atoms with Crippen LogP contribution in [0.2, 0.25) is 5.02 Å². The number of carbonyl (C=O) groups is 1. The van der Waals surface area contributed by atoms with Crippen LogP contribution in [0, 0.1) is 26.9 Å². The van der Waals surface area contributed by atoms with E-state index in [0.29, 0.717) is 34.7 Å². The molecule has 1 aliphatic heterocycles. The van der Waals surface area contributed by atoms with Crippen molar-refractivity contribution >= 4 is 28.8 Å². The third-order valence-corrected chi connectivity index (χ3v) is 6.12. The van der Waals surface area contributed by atoms with Gasteiger partial charge in [0, 0.05) is 40.5 Å². The van der Waals surface area contributed by atoms with Gasteiger partial charge in [0.15, 0.2) is 5.78 Å². The van der Waals surface area contributed by atoms with Crippen molar-refractivity contribution in [2.75, 3.05) is 4.90 Å². The van der Waals surface area contributed by atoms with E-state index in [4.69, 9.17) is 17.3 Å². The van der Waals surface area contributed by atoms with E-state index in [2.05, 4.69) is 6.07 Å². The topological polar surface area (TPSA) is 113 Å². The smallest absolute Gasteiger partial charge is 0.269 e. The van der Waals surface area contributed by atoms with Crippen molar-refractivity contribution in [3.05, 3.63) is 91.9 Å². The Kier molecular flexibility index (Phi) is 5.27. The zero-order chi connectivity index (χ0) is 23.2. The number of nitro benzene ring substituents is 1. The number of nitriles is 1. The van der Waals surface area contributed by atoms with Gasteiger partial charge in [-0.25, -0.2) is 0 Å². The molecule has 1 aliphatic carbocycles. The number of nitro groups is 1. The van der Waals surface area contributed by atoms with Crippen LogP contribution >= 0.6 is 11.6 Å².